The highest BCUT2D eigenvalue weighted by Gasteiger charge is 2.43. The first-order valence-electron chi connectivity index (χ1n) is 7.54. The van der Waals surface area contributed by atoms with Gasteiger partial charge in [0.25, 0.3) is 0 Å². The number of urea groups is 1. The molecule has 4 bridgehead atoms. The molecule has 0 fully saturated rings. The summed E-state index contributed by atoms with van der Waals surface area (Å²) in [4.78, 5) is 20.3. The van der Waals surface area contributed by atoms with E-state index in [9.17, 15) is 4.79 Å². The highest BCUT2D eigenvalue weighted by Crippen LogP contribution is 2.34. The lowest BCUT2D eigenvalue weighted by Gasteiger charge is -2.38. The molecule has 6 aliphatic rings. The minimum absolute atomic E-state index is 0.187. The van der Waals surface area contributed by atoms with E-state index in [-0.39, 0.29) is 6.03 Å². The quantitative estimate of drug-likeness (QED) is 0.735. The van der Waals surface area contributed by atoms with Crippen LogP contribution in [0.5, 0.6) is 0 Å². The lowest BCUT2D eigenvalue weighted by Crippen LogP contribution is -2.50. The third-order valence-electron chi connectivity index (χ3n) is 4.40. The molecule has 7 rings (SSSR count). The normalized spacial score (nSPS) is 25.9. The van der Waals surface area contributed by atoms with Gasteiger partial charge < -0.3 is 4.90 Å². The van der Waals surface area contributed by atoms with Crippen molar-refractivity contribution in [1.29, 1.82) is 0 Å². The Hall–Kier alpha value is -2.62. The lowest BCUT2D eigenvalue weighted by atomic mass is 9.92. The van der Waals surface area contributed by atoms with Crippen LogP contribution in [-0.2, 0) is 6.42 Å². The van der Waals surface area contributed by atoms with Crippen molar-refractivity contribution in [2.45, 2.75) is 18.4 Å². The van der Waals surface area contributed by atoms with E-state index < -0.39 is 5.54 Å². The zero-order chi connectivity index (χ0) is 15.0. The van der Waals surface area contributed by atoms with Gasteiger partial charge in [-0.2, -0.15) is 0 Å². The molecule has 1 aromatic carbocycles. The van der Waals surface area contributed by atoms with Gasteiger partial charge in [-0.25, -0.2) is 9.79 Å². The number of hydrogen-bond donors (Lipinski definition) is 0. The molecule has 0 N–H and O–H groups in total. The summed E-state index contributed by atoms with van der Waals surface area (Å²) in [5.74, 6) is 0. The van der Waals surface area contributed by atoms with Crippen molar-refractivity contribution in [3.05, 3.63) is 66.5 Å². The molecule has 0 aliphatic carbocycles. The predicted molar refractivity (Wildman–Crippen MR) is 88.0 cm³/mol. The molecule has 0 radical (unpaired) electrons. The Balaban J connectivity index is 1.83. The summed E-state index contributed by atoms with van der Waals surface area (Å²) < 4.78 is 0. The number of amides is 2. The summed E-state index contributed by atoms with van der Waals surface area (Å²) in [5, 5.41) is 0. The Morgan fingerprint density at radius 3 is 2.73 bits per heavy atom. The number of allylic oxidation sites excluding steroid dienone is 3. The Kier molecular flexibility index (Phi) is 2.96. The zero-order valence-corrected chi connectivity index (χ0v) is 12.2. The second-order valence-corrected chi connectivity index (χ2v) is 5.81. The molecular weight excluding hydrogens is 274 g/mol. The largest absolute Gasteiger partial charge is 0.354 e. The molecular formula is C18H17N3O. The third-order valence-corrected chi connectivity index (χ3v) is 4.40. The van der Waals surface area contributed by atoms with Crippen LogP contribution in [0.15, 0.2) is 66.0 Å². The number of nitrogens with zero attached hydrogens (tertiary/aromatic N) is 3. The molecule has 4 heteroatoms. The van der Waals surface area contributed by atoms with E-state index >= 15 is 0 Å². The van der Waals surface area contributed by atoms with Crippen molar-refractivity contribution in [3.8, 4) is 0 Å². The second kappa shape index (κ2) is 4.98. The first-order valence-corrected chi connectivity index (χ1v) is 7.54. The average molecular weight is 291 g/mol. The van der Waals surface area contributed by atoms with Gasteiger partial charge in [-0.15, -0.1) is 0 Å². The zero-order valence-electron chi connectivity index (χ0n) is 12.2. The fourth-order valence-electron chi connectivity index (χ4n) is 3.14. The molecule has 110 valence electrons. The number of hydrogen-bond acceptors (Lipinski definition) is 2. The van der Waals surface area contributed by atoms with Gasteiger partial charge in [-0.05, 0) is 42.7 Å². The van der Waals surface area contributed by atoms with Crippen LogP contribution in [0.1, 0.15) is 12.0 Å². The van der Waals surface area contributed by atoms with Gasteiger partial charge >= 0.3 is 6.03 Å². The van der Waals surface area contributed by atoms with E-state index in [1.807, 2.05) is 24.4 Å². The molecule has 0 saturated heterocycles. The maximum atomic E-state index is 12.3. The van der Waals surface area contributed by atoms with Crippen molar-refractivity contribution in [1.82, 2.24) is 4.90 Å². The smallest absolute Gasteiger partial charge is 0.348 e. The van der Waals surface area contributed by atoms with E-state index in [0.717, 1.165) is 25.1 Å². The molecule has 4 nitrogen and oxygen atoms in total. The molecule has 1 aromatic rings. The van der Waals surface area contributed by atoms with Crippen LogP contribution in [0, 0.1) is 0 Å². The Bertz CT molecular complexity index is 714. The van der Waals surface area contributed by atoms with Crippen LogP contribution in [-0.4, -0.2) is 29.2 Å². The van der Waals surface area contributed by atoms with Crippen molar-refractivity contribution in [2.75, 3.05) is 11.4 Å². The molecule has 1 atom stereocenters. The maximum Gasteiger partial charge on any atom is 0.348 e. The van der Waals surface area contributed by atoms with Gasteiger partial charge in [0.1, 0.15) is 5.54 Å². The average Bonchev–Trinajstić information content (AvgIpc) is 2.86. The maximum absolute atomic E-state index is 12.3. The lowest BCUT2D eigenvalue weighted by molar-refractivity contribution is 0.253. The number of aliphatic imine (C=N–C) groups is 1. The van der Waals surface area contributed by atoms with Crippen molar-refractivity contribution >= 4 is 17.9 Å². The van der Waals surface area contributed by atoms with Crippen LogP contribution in [0.25, 0.3) is 0 Å². The van der Waals surface area contributed by atoms with Gasteiger partial charge in [0, 0.05) is 30.8 Å². The van der Waals surface area contributed by atoms with E-state index in [1.165, 1.54) is 5.56 Å². The summed E-state index contributed by atoms with van der Waals surface area (Å²) in [7, 11) is 0. The van der Waals surface area contributed by atoms with E-state index in [1.54, 1.807) is 11.1 Å². The van der Waals surface area contributed by atoms with Gasteiger partial charge in [0.15, 0.2) is 0 Å². The fourth-order valence-corrected chi connectivity index (χ4v) is 3.14. The molecule has 6 heterocycles. The topological polar surface area (TPSA) is 35.9 Å². The fraction of sp³-hybridized carbons (Fsp3) is 0.222. The SMILES string of the molecule is O=C1N=CC23C=CN(C=CC=CCc4ccc(cc4)N12)CC3. The van der Waals surface area contributed by atoms with Crippen LogP contribution >= 0.6 is 0 Å². The van der Waals surface area contributed by atoms with Crippen LogP contribution in [0.4, 0.5) is 10.5 Å². The standard InChI is InChI=1S/C18H17N3O/c22-17-19-14-18-9-12-20(13-10-18)11-3-1-2-4-15-5-7-16(8-6-15)21(17)18/h1-3,5-9,11-12,14H,4,10,13H2. The van der Waals surface area contributed by atoms with Crippen LogP contribution < -0.4 is 4.90 Å². The summed E-state index contributed by atoms with van der Waals surface area (Å²) in [6, 6.07) is 7.99. The number of carbonyl (C=O) groups is 1. The molecule has 2 amide bonds. The predicted octanol–water partition coefficient (Wildman–Crippen LogP) is 3.28. The van der Waals surface area contributed by atoms with E-state index in [2.05, 4.69) is 46.5 Å². The Morgan fingerprint density at radius 1 is 1.09 bits per heavy atom. The number of carbonyl (C=O) groups excluding carboxylic acids is 1. The van der Waals surface area contributed by atoms with Crippen molar-refractivity contribution < 1.29 is 4.79 Å². The minimum Gasteiger partial charge on any atom is -0.354 e. The van der Waals surface area contributed by atoms with Gasteiger partial charge in [0.05, 0.1) is 0 Å². The van der Waals surface area contributed by atoms with Gasteiger partial charge in [-0.1, -0.05) is 24.3 Å². The molecule has 22 heavy (non-hydrogen) atoms. The van der Waals surface area contributed by atoms with Gasteiger partial charge in [-0.3, -0.25) is 4.90 Å². The second-order valence-electron chi connectivity index (χ2n) is 5.81. The van der Waals surface area contributed by atoms with Crippen molar-refractivity contribution in [2.24, 2.45) is 4.99 Å². The Morgan fingerprint density at radius 2 is 1.95 bits per heavy atom. The van der Waals surface area contributed by atoms with E-state index in [0.29, 0.717) is 0 Å². The summed E-state index contributed by atoms with van der Waals surface area (Å²) in [6.07, 6.45) is 15.9. The molecule has 1 spiro atoms. The number of anilines is 1. The number of benzene rings is 1. The monoisotopic (exact) mass is 291 g/mol. The first-order chi connectivity index (χ1) is 10.8. The van der Waals surface area contributed by atoms with E-state index in [4.69, 9.17) is 0 Å². The highest BCUT2D eigenvalue weighted by atomic mass is 16.2. The molecule has 1 unspecified atom stereocenters. The van der Waals surface area contributed by atoms with Gasteiger partial charge in [0.2, 0.25) is 0 Å². The molecule has 0 aromatic heterocycles. The summed E-state index contributed by atoms with van der Waals surface area (Å²) in [6.45, 7) is 0.856. The molecule has 0 saturated carbocycles. The number of rotatable bonds is 0. The van der Waals surface area contributed by atoms with Crippen LogP contribution in [0.2, 0.25) is 0 Å². The molecule has 6 aliphatic heterocycles. The summed E-state index contributed by atoms with van der Waals surface area (Å²) in [5.41, 5.74) is 1.71. The minimum atomic E-state index is -0.428. The summed E-state index contributed by atoms with van der Waals surface area (Å²) >= 11 is 0. The van der Waals surface area contributed by atoms with Crippen LogP contribution in [0.3, 0.4) is 0 Å². The third kappa shape index (κ3) is 2.08. The Labute approximate surface area is 129 Å². The highest BCUT2D eigenvalue weighted by molar-refractivity contribution is 6.09. The first kappa shape index (κ1) is 13.1. The van der Waals surface area contributed by atoms with Crippen molar-refractivity contribution in [3.63, 3.8) is 0 Å².